The number of nitro groups is 1. The quantitative estimate of drug-likeness (QED) is 0.450. The SMILES string of the molecule is O=C(N/N=C/c1csc([N+](=O)[O-])c1)c1cc2ccccc2s1. The maximum Gasteiger partial charge on any atom is 0.324 e. The number of fused-ring (bicyclic) bond motifs is 1. The summed E-state index contributed by atoms with van der Waals surface area (Å²) in [6.45, 7) is 0. The van der Waals surface area contributed by atoms with Crippen molar-refractivity contribution in [2.45, 2.75) is 0 Å². The number of hydrazone groups is 1. The van der Waals surface area contributed by atoms with Crippen LogP contribution < -0.4 is 5.43 Å². The van der Waals surface area contributed by atoms with E-state index in [2.05, 4.69) is 10.5 Å². The van der Waals surface area contributed by atoms with Gasteiger partial charge in [0.15, 0.2) is 0 Å². The molecule has 0 aliphatic carbocycles. The largest absolute Gasteiger partial charge is 0.324 e. The lowest BCUT2D eigenvalue weighted by Crippen LogP contribution is -2.15. The molecule has 1 aromatic carbocycles. The molecule has 0 saturated heterocycles. The predicted molar refractivity (Wildman–Crippen MR) is 87.9 cm³/mol. The van der Waals surface area contributed by atoms with Gasteiger partial charge >= 0.3 is 5.00 Å². The number of thiophene rings is 2. The summed E-state index contributed by atoms with van der Waals surface area (Å²) in [7, 11) is 0. The number of nitrogens with zero attached hydrogens (tertiary/aromatic N) is 2. The molecule has 0 radical (unpaired) electrons. The Hall–Kier alpha value is -2.58. The summed E-state index contributed by atoms with van der Waals surface area (Å²) in [5.74, 6) is -0.304. The molecule has 0 atom stereocenters. The first-order valence-electron chi connectivity index (χ1n) is 6.18. The number of hydrogen-bond donors (Lipinski definition) is 1. The van der Waals surface area contributed by atoms with Gasteiger partial charge in [-0.1, -0.05) is 29.5 Å². The van der Waals surface area contributed by atoms with E-state index in [0.29, 0.717) is 10.4 Å². The van der Waals surface area contributed by atoms with Gasteiger partial charge in [-0.25, -0.2) is 5.43 Å². The highest BCUT2D eigenvalue weighted by Crippen LogP contribution is 2.25. The highest BCUT2D eigenvalue weighted by atomic mass is 32.1. The molecule has 0 spiro atoms. The second-order valence-electron chi connectivity index (χ2n) is 4.32. The molecular formula is C14H9N3O3S2. The molecule has 0 bridgehead atoms. The average molecular weight is 331 g/mol. The van der Waals surface area contributed by atoms with Crippen LogP contribution in [-0.2, 0) is 0 Å². The summed E-state index contributed by atoms with van der Waals surface area (Å²) < 4.78 is 1.03. The molecule has 2 heterocycles. The average Bonchev–Trinajstić information content (AvgIpc) is 3.13. The van der Waals surface area contributed by atoms with Crippen molar-refractivity contribution in [3.05, 3.63) is 62.3 Å². The molecular weight excluding hydrogens is 322 g/mol. The number of carbonyl (C=O) groups excluding carboxylic acids is 1. The van der Waals surface area contributed by atoms with Crippen molar-refractivity contribution in [2.24, 2.45) is 5.10 Å². The Morgan fingerprint density at radius 2 is 2.14 bits per heavy atom. The first-order valence-corrected chi connectivity index (χ1v) is 7.88. The van der Waals surface area contributed by atoms with Crippen molar-refractivity contribution in [1.82, 2.24) is 5.43 Å². The van der Waals surface area contributed by atoms with Crippen LogP contribution >= 0.6 is 22.7 Å². The summed E-state index contributed by atoms with van der Waals surface area (Å²) in [6.07, 6.45) is 1.38. The monoisotopic (exact) mass is 331 g/mol. The van der Waals surface area contributed by atoms with Crippen LogP contribution in [0.5, 0.6) is 0 Å². The third-order valence-corrected chi connectivity index (χ3v) is 4.83. The number of carbonyl (C=O) groups is 1. The van der Waals surface area contributed by atoms with Gasteiger partial charge in [0.25, 0.3) is 5.91 Å². The van der Waals surface area contributed by atoms with Crippen molar-refractivity contribution in [3.8, 4) is 0 Å². The van der Waals surface area contributed by atoms with E-state index in [-0.39, 0.29) is 10.9 Å². The maximum atomic E-state index is 12.0. The highest BCUT2D eigenvalue weighted by Gasteiger charge is 2.10. The van der Waals surface area contributed by atoms with E-state index in [0.717, 1.165) is 21.4 Å². The van der Waals surface area contributed by atoms with Gasteiger partial charge in [-0.2, -0.15) is 5.10 Å². The van der Waals surface area contributed by atoms with Crippen molar-refractivity contribution in [3.63, 3.8) is 0 Å². The van der Waals surface area contributed by atoms with E-state index >= 15 is 0 Å². The second kappa shape index (κ2) is 6.04. The maximum absolute atomic E-state index is 12.0. The van der Waals surface area contributed by atoms with E-state index < -0.39 is 4.92 Å². The minimum atomic E-state index is -0.461. The zero-order chi connectivity index (χ0) is 15.5. The third-order valence-electron chi connectivity index (χ3n) is 2.81. The first-order chi connectivity index (χ1) is 10.6. The topological polar surface area (TPSA) is 84.6 Å². The van der Waals surface area contributed by atoms with E-state index in [1.54, 1.807) is 11.4 Å². The van der Waals surface area contributed by atoms with Gasteiger partial charge in [-0.15, -0.1) is 11.3 Å². The molecule has 2 aromatic heterocycles. The Balaban J connectivity index is 1.68. The summed E-state index contributed by atoms with van der Waals surface area (Å²) in [5.41, 5.74) is 3.00. The molecule has 0 fully saturated rings. The minimum absolute atomic E-state index is 0.0392. The Labute approximate surface area is 132 Å². The minimum Gasteiger partial charge on any atom is -0.266 e. The first kappa shape index (κ1) is 14.4. The Kier molecular flexibility index (Phi) is 3.94. The summed E-state index contributed by atoms with van der Waals surface area (Å²) in [6, 6.07) is 10.9. The van der Waals surface area contributed by atoms with Gasteiger partial charge in [-0.05, 0) is 17.5 Å². The highest BCUT2D eigenvalue weighted by molar-refractivity contribution is 7.20. The molecule has 0 unspecified atom stereocenters. The van der Waals surface area contributed by atoms with Gasteiger partial charge in [0.1, 0.15) is 0 Å². The van der Waals surface area contributed by atoms with Crippen LogP contribution in [0.4, 0.5) is 5.00 Å². The number of benzene rings is 1. The van der Waals surface area contributed by atoms with Crippen LogP contribution in [0.2, 0.25) is 0 Å². The van der Waals surface area contributed by atoms with Crippen LogP contribution in [0, 0.1) is 10.1 Å². The smallest absolute Gasteiger partial charge is 0.266 e. The number of hydrogen-bond acceptors (Lipinski definition) is 6. The zero-order valence-corrected chi connectivity index (χ0v) is 12.7. The van der Waals surface area contributed by atoms with Gasteiger partial charge in [0.2, 0.25) is 0 Å². The molecule has 8 heteroatoms. The number of nitrogens with one attached hydrogen (secondary N) is 1. The Morgan fingerprint density at radius 1 is 1.32 bits per heavy atom. The second-order valence-corrected chi connectivity index (χ2v) is 6.30. The fourth-order valence-corrected chi connectivity index (χ4v) is 3.45. The van der Waals surface area contributed by atoms with Gasteiger partial charge in [0, 0.05) is 21.7 Å². The lowest BCUT2D eigenvalue weighted by Gasteiger charge is -1.94. The Bertz CT molecular complexity index is 849. The molecule has 1 amide bonds. The van der Waals surface area contributed by atoms with Crippen LogP contribution in [-0.4, -0.2) is 17.0 Å². The van der Waals surface area contributed by atoms with Crippen LogP contribution in [0.15, 0.2) is 46.9 Å². The molecule has 3 aromatic rings. The molecule has 22 heavy (non-hydrogen) atoms. The molecule has 0 aliphatic rings. The lowest BCUT2D eigenvalue weighted by atomic mass is 10.2. The summed E-state index contributed by atoms with van der Waals surface area (Å²) in [4.78, 5) is 22.7. The lowest BCUT2D eigenvalue weighted by molar-refractivity contribution is -0.380. The zero-order valence-electron chi connectivity index (χ0n) is 11.1. The molecule has 110 valence electrons. The molecule has 0 saturated carbocycles. The van der Waals surface area contributed by atoms with Crippen LogP contribution in [0.3, 0.4) is 0 Å². The summed E-state index contributed by atoms with van der Waals surface area (Å²) in [5, 5.41) is 17.0. The fourth-order valence-electron chi connectivity index (χ4n) is 1.82. The van der Waals surface area contributed by atoms with Crippen LogP contribution in [0.1, 0.15) is 15.2 Å². The third kappa shape index (κ3) is 3.02. The normalized spacial score (nSPS) is 11.1. The fraction of sp³-hybridized carbons (Fsp3) is 0. The van der Waals surface area contributed by atoms with Crippen molar-refractivity contribution < 1.29 is 9.72 Å². The Morgan fingerprint density at radius 3 is 2.86 bits per heavy atom. The van der Waals surface area contributed by atoms with Gasteiger partial charge in [-0.3, -0.25) is 14.9 Å². The molecule has 0 aliphatic heterocycles. The van der Waals surface area contributed by atoms with Gasteiger partial charge < -0.3 is 0 Å². The summed E-state index contributed by atoms with van der Waals surface area (Å²) >= 11 is 2.40. The van der Waals surface area contributed by atoms with Crippen molar-refractivity contribution in [2.75, 3.05) is 0 Å². The predicted octanol–water partition coefficient (Wildman–Crippen LogP) is 3.63. The standard InChI is InChI=1S/C14H9N3O3S2/c18-14(12-6-10-3-1-2-4-11(10)22-12)16-15-7-9-5-13(17(19)20)21-8-9/h1-8H,(H,16,18)/b15-7+. The molecule has 3 rings (SSSR count). The van der Waals surface area contributed by atoms with Crippen molar-refractivity contribution in [1.29, 1.82) is 0 Å². The molecule has 6 nitrogen and oxygen atoms in total. The van der Waals surface area contributed by atoms with E-state index in [1.165, 1.54) is 23.6 Å². The van der Waals surface area contributed by atoms with E-state index in [9.17, 15) is 14.9 Å². The number of rotatable bonds is 4. The van der Waals surface area contributed by atoms with Crippen LogP contribution in [0.25, 0.3) is 10.1 Å². The van der Waals surface area contributed by atoms with E-state index in [4.69, 9.17) is 0 Å². The van der Waals surface area contributed by atoms with Gasteiger partial charge in [0.05, 0.1) is 16.0 Å². The number of amides is 1. The molecule has 1 N–H and O–H groups in total. The van der Waals surface area contributed by atoms with Crippen molar-refractivity contribution >= 4 is 49.9 Å². The van der Waals surface area contributed by atoms with E-state index in [1.807, 2.05) is 24.3 Å².